The molecule has 18 heavy (non-hydrogen) atoms. The van der Waals surface area contributed by atoms with Crippen LogP contribution in [0.3, 0.4) is 0 Å². The van der Waals surface area contributed by atoms with Crippen LogP contribution in [0, 0.1) is 6.92 Å². The Hall–Kier alpha value is -1.34. The molecule has 1 aliphatic carbocycles. The van der Waals surface area contributed by atoms with E-state index in [4.69, 9.17) is 0 Å². The molecule has 0 atom stereocenters. The van der Waals surface area contributed by atoms with Gasteiger partial charge in [0, 0.05) is 4.47 Å². The lowest BCUT2D eigenvalue weighted by Gasteiger charge is -2.08. The van der Waals surface area contributed by atoms with E-state index in [0.717, 1.165) is 10.9 Å². The summed E-state index contributed by atoms with van der Waals surface area (Å²) in [5.41, 5.74) is 8.33. The van der Waals surface area contributed by atoms with E-state index in [1.165, 1.54) is 33.4 Å². The van der Waals surface area contributed by atoms with Crippen LogP contribution < -0.4 is 0 Å². The second-order valence-electron chi connectivity index (χ2n) is 5.00. The predicted molar refractivity (Wildman–Crippen MR) is 80.7 cm³/mol. The average Bonchev–Trinajstić information content (AvgIpc) is 2.66. The third kappa shape index (κ3) is 1.93. The topological polar surface area (TPSA) is 0 Å². The molecule has 0 saturated carbocycles. The molecule has 0 unspecified atom stereocenters. The third-order valence-electron chi connectivity index (χ3n) is 3.56. The minimum atomic E-state index is 1.08. The van der Waals surface area contributed by atoms with Gasteiger partial charge >= 0.3 is 0 Å². The Balaban J connectivity index is 2.16. The molecule has 1 aliphatic rings. The Morgan fingerprint density at radius 2 is 1.67 bits per heavy atom. The minimum absolute atomic E-state index is 1.08. The fourth-order valence-electron chi connectivity index (χ4n) is 2.66. The zero-order valence-electron chi connectivity index (χ0n) is 10.6. The molecule has 0 saturated heterocycles. The Morgan fingerprint density at radius 3 is 2.39 bits per heavy atom. The van der Waals surface area contributed by atoms with Crippen LogP contribution in [0.4, 0.5) is 0 Å². The van der Waals surface area contributed by atoms with Gasteiger partial charge in [0.2, 0.25) is 0 Å². The van der Waals surface area contributed by atoms with Crippen LogP contribution in [0.5, 0.6) is 0 Å². The van der Waals surface area contributed by atoms with Crippen molar-refractivity contribution in [2.75, 3.05) is 0 Å². The quantitative estimate of drug-likeness (QED) is 0.684. The lowest BCUT2D eigenvalue weighted by Crippen LogP contribution is -1.88. The molecule has 0 N–H and O–H groups in total. The van der Waals surface area contributed by atoms with Crippen LogP contribution in [-0.4, -0.2) is 0 Å². The van der Waals surface area contributed by atoms with Gasteiger partial charge in [-0.25, -0.2) is 0 Å². The second kappa shape index (κ2) is 4.40. The van der Waals surface area contributed by atoms with Crippen molar-refractivity contribution in [2.45, 2.75) is 20.3 Å². The number of aryl methyl sites for hydroxylation is 1. The van der Waals surface area contributed by atoms with E-state index in [2.05, 4.69) is 72.2 Å². The first-order chi connectivity index (χ1) is 8.65. The lowest BCUT2D eigenvalue weighted by molar-refractivity contribution is 1.19. The van der Waals surface area contributed by atoms with Crippen LogP contribution in [0.1, 0.15) is 29.2 Å². The second-order valence-corrected chi connectivity index (χ2v) is 5.92. The van der Waals surface area contributed by atoms with Crippen molar-refractivity contribution in [1.82, 2.24) is 0 Å². The monoisotopic (exact) mass is 298 g/mol. The number of fused-ring (bicyclic) bond motifs is 1. The molecule has 0 aromatic heterocycles. The van der Waals surface area contributed by atoms with Crippen molar-refractivity contribution in [2.24, 2.45) is 0 Å². The average molecular weight is 299 g/mol. The summed E-state index contributed by atoms with van der Waals surface area (Å²) in [6, 6.07) is 15.4. The molecule has 2 aromatic rings. The highest BCUT2D eigenvalue weighted by Gasteiger charge is 2.20. The zero-order chi connectivity index (χ0) is 12.7. The first-order valence-electron chi connectivity index (χ1n) is 6.21. The Morgan fingerprint density at radius 1 is 0.944 bits per heavy atom. The summed E-state index contributed by atoms with van der Waals surface area (Å²) in [4.78, 5) is 0. The van der Waals surface area contributed by atoms with Gasteiger partial charge in [-0.15, -0.1) is 0 Å². The van der Waals surface area contributed by atoms with E-state index >= 15 is 0 Å². The third-order valence-corrected chi connectivity index (χ3v) is 4.06. The number of hydrogen-bond donors (Lipinski definition) is 0. The Bertz CT molecular complexity index is 633. The number of rotatable bonds is 1. The van der Waals surface area contributed by atoms with Gasteiger partial charge in [0.25, 0.3) is 0 Å². The molecule has 0 nitrogen and oxygen atoms in total. The molecule has 0 heterocycles. The van der Waals surface area contributed by atoms with Crippen molar-refractivity contribution >= 4 is 21.5 Å². The van der Waals surface area contributed by atoms with Gasteiger partial charge < -0.3 is 0 Å². The SMILES string of the molecule is CC1=C(c2ccc(C)cc2)c2cc(Br)ccc2C1. The minimum Gasteiger partial charge on any atom is -0.0605 e. The number of halogens is 1. The predicted octanol–water partition coefficient (Wildman–Crippen LogP) is 5.14. The first kappa shape index (κ1) is 11.7. The summed E-state index contributed by atoms with van der Waals surface area (Å²) in [7, 11) is 0. The van der Waals surface area contributed by atoms with Crippen LogP contribution >= 0.6 is 15.9 Å². The van der Waals surface area contributed by atoms with Gasteiger partial charge in [-0.1, -0.05) is 57.4 Å². The van der Waals surface area contributed by atoms with Crippen LogP contribution in [0.15, 0.2) is 52.5 Å². The molecule has 0 aliphatic heterocycles. The van der Waals surface area contributed by atoms with Crippen molar-refractivity contribution < 1.29 is 0 Å². The van der Waals surface area contributed by atoms with Crippen LogP contribution in [0.25, 0.3) is 5.57 Å². The summed E-state index contributed by atoms with van der Waals surface area (Å²) >= 11 is 3.57. The standard InChI is InChI=1S/C17H15Br/c1-11-3-5-13(6-4-11)17-12(2)9-14-7-8-15(18)10-16(14)17/h3-8,10H,9H2,1-2H3. The van der Waals surface area contributed by atoms with Gasteiger partial charge in [-0.3, -0.25) is 0 Å². The maximum atomic E-state index is 3.57. The fourth-order valence-corrected chi connectivity index (χ4v) is 3.02. The van der Waals surface area contributed by atoms with Crippen LogP contribution in [0.2, 0.25) is 0 Å². The first-order valence-corrected chi connectivity index (χ1v) is 7.00. The van der Waals surface area contributed by atoms with Gasteiger partial charge in [-0.2, -0.15) is 0 Å². The summed E-state index contributed by atoms with van der Waals surface area (Å²) in [6.07, 6.45) is 1.08. The molecule has 0 fully saturated rings. The molecule has 0 radical (unpaired) electrons. The van der Waals surface area contributed by atoms with Gasteiger partial charge in [0.15, 0.2) is 0 Å². The maximum absolute atomic E-state index is 3.57. The molecule has 90 valence electrons. The summed E-state index contributed by atoms with van der Waals surface area (Å²) < 4.78 is 1.15. The molecule has 0 amide bonds. The van der Waals surface area contributed by atoms with Crippen LogP contribution in [-0.2, 0) is 6.42 Å². The smallest absolute Gasteiger partial charge is 0.0181 e. The van der Waals surface area contributed by atoms with E-state index in [0.29, 0.717) is 0 Å². The largest absolute Gasteiger partial charge is 0.0605 e. The van der Waals surface area contributed by atoms with E-state index < -0.39 is 0 Å². The normalized spacial score (nSPS) is 13.9. The highest BCUT2D eigenvalue weighted by Crippen LogP contribution is 2.38. The number of hydrogen-bond acceptors (Lipinski definition) is 0. The van der Waals surface area contributed by atoms with Gasteiger partial charge in [-0.05, 0) is 54.7 Å². The number of allylic oxidation sites excluding steroid dienone is 1. The highest BCUT2D eigenvalue weighted by molar-refractivity contribution is 9.10. The molecule has 0 bridgehead atoms. The van der Waals surface area contributed by atoms with Gasteiger partial charge in [0.05, 0.1) is 0 Å². The molecular formula is C17H15Br. The van der Waals surface area contributed by atoms with E-state index in [1.54, 1.807) is 0 Å². The van der Waals surface area contributed by atoms with Crippen molar-refractivity contribution in [3.8, 4) is 0 Å². The summed E-state index contributed by atoms with van der Waals surface area (Å²) in [6.45, 7) is 4.37. The molecule has 2 aromatic carbocycles. The summed E-state index contributed by atoms with van der Waals surface area (Å²) in [5, 5.41) is 0. The van der Waals surface area contributed by atoms with Crippen molar-refractivity contribution in [3.05, 3.63) is 74.8 Å². The van der Waals surface area contributed by atoms with Gasteiger partial charge in [0.1, 0.15) is 0 Å². The summed E-state index contributed by atoms with van der Waals surface area (Å²) in [5.74, 6) is 0. The van der Waals surface area contributed by atoms with E-state index in [9.17, 15) is 0 Å². The zero-order valence-corrected chi connectivity index (χ0v) is 12.2. The Labute approximate surface area is 116 Å². The molecule has 3 rings (SSSR count). The van der Waals surface area contributed by atoms with Crippen molar-refractivity contribution in [3.63, 3.8) is 0 Å². The molecule has 1 heteroatoms. The van der Waals surface area contributed by atoms with Crippen molar-refractivity contribution in [1.29, 1.82) is 0 Å². The highest BCUT2D eigenvalue weighted by atomic mass is 79.9. The molecular weight excluding hydrogens is 284 g/mol. The lowest BCUT2D eigenvalue weighted by atomic mass is 9.97. The molecule has 0 spiro atoms. The fraction of sp³-hybridized carbons (Fsp3) is 0.176. The number of benzene rings is 2. The van der Waals surface area contributed by atoms with E-state index in [1.807, 2.05) is 0 Å². The maximum Gasteiger partial charge on any atom is 0.0181 e. The Kier molecular flexibility index (Phi) is 2.87. The van der Waals surface area contributed by atoms with E-state index in [-0.39, 0.29) is 0 Å².